The minimum absolute atomic E-state index is 0.000669. The molecule has 3 aliphatic heterocycles. The summed E-state index contributed by atoms with van der Waals surface area (Å²) in [7, 11) is 10.5. The quantitative estimate of drug-likeness (QED) is 0.0427. The van der Waals surface area contributed by atoms with Crippen molar-refractivity contribution in [1.82, 2.24) is 0 Å². The molecule has 5 aromatic rings. The first kappa shape index (κ1) is 52.6. The summed E-state index contributed by atoms with van der Waals surface area (Å²) in [5.41, 5.74) is 12.7. The Balaban J connectivity index is 1.08. The maximum atomic E-state index is 14.3. The average molecular weight is 1020 g/mol. The third kappa shape index (κ3) is 11.9. The summed E-state index contributed by atoms with van der Waals surface area (Å²) in [6.07, 6.45) is 3.87. The molecule has 72 heavy (non-hydrogen) atoms. The van der Waals surface area contributed by atoms with Gasteiger partial charge in [0.2, 0.25) is 0 Å². The summed E-state index contributed by atoms with van der Waals surface area (Å²) in [5, 5.41) is 6.99. The highest BCUT2D eigenvalue weighted by Crippen LogP contribution is 2.45. The number of anilines is 5. The monoisotopic (exact) mass is 1020 g/mol. The summed E-state index contributed by atoms with van der Waals surface area (Å²) < 4.78 is 42.2. The van der Waals surface area contributed by atoms with Crippen LogP contribution < -0.4 is 44.3 Å². The maximum Gasteiger partial charge on any atom is 0.260 e. The summed E-state index contributed by atoms with van der Waals surface area (Å²) in [4.78, 5) is 21.0. The van der Waals surface area contributed by atoms with Gasteiger partial charge in [-0.25, -0.2) is 0 Å². The molecule has 0 spiro atoms. The number of nitrogens with zero attached hydrogens (tertiary/aromatic N) is 3. The molecule has 2 N–H and O–H groups in total. The molecule has 1 amide bonds. The van der Waals surface area contributed by atoms with Crippen molar-refractivity contribution in [2.45, 2.75) is 70.6 Å². The predicted octanol–water partition coefficient (Wildman–Crippen LogP) is 10.9. The fraction of sp³-hybridized carbons (Fsp3) is 0.421. The van der Waals surface area contributed by atoms with Crippen LogP contribution in [0.3, 0.4) is 0 Å². The van der Waals surface area contributed by atoms with Crippen LogP contribution in [0.25, 0.3) is 5.70 Å². The van der Waals surface area contributed by atoms with E-state index in [1.807, 2.05) is 53.1 Å². The van der Waals surface area contributed by atoms with Gasteiger partial charge in [0.1, 0.15) is 13.2 Å². The highest BCUT2D eigenvalue weighted by atomic mass is 33.1. The molecule has 1 unspecified atom stereocenters. The minimum atomic E-state index is -0.0981. The lowest BCUT2D eigenvalue weighted by Crippen LogP contribution is -2.39. The number of fused-ring (bicyclic) bond motifs is 5. The van der Waals surface area contributed by atoms with E-state index in [1.165, 1.54) is 22.4 Å². The van der Waals surface area contributed by atoms with Crippen molar-refractivity contribution in [2.75, 3.05) is 113 Å². The smallest absolute Gasteiger partial charge is 0.260 e. The van der Waals surface area contributed by atoms with Gasteiger partial charge >= 0.3 is 0 Å². The summed E-state index contributed by atoms with van der Waals surface area (Å²) in [6, 6.07) is 29.2. The third-order valence-corrected chi connectivity index (χ3v) is 16.1. The minimum Gasteiger partial charge on any atom is -0.493 e. The number of carbonyl (C=O) groups is 1. The topological polar surface area (TPSA) is 115 Å². The molecule has 0 aliphatic carbocycles. The van der Waals surface area contributed by atoms with Gasteiger partial charge < -0.3 is 58.5 Å². The number of methoxy groups -OCH3 is 3. The molecular formula is C57H71N5O8S2. The Morgan fingerprint density at radius 1 is 0.833 bits per heavy atom. The van der Waals surface area contributed by atoms with Gasteiger partial charge in [-0.1, -0.05) is 58.5 Å². The van der Waals surface area contributed by atoms with Gasteiger partial charge in [-0.05, 0) is 117 Å². The number of hydrogen-bond acceptors (Lipinski definition) is 14. The molecule has 0 radical (unpaired) electrons. The van der Waals surface area contributed by atoms with Crippen molar-refractivity contribution in [3.05, 3.63) is 130 Å². The Hall–Kier alpha value is -5.71. The maximum absolute atomic E-state index is 14.3. The first-order valence-electron chi connectivity index (χ1n) is 24.7. The highest BCUT2D eigenvalue weighted by molar-refractivity contribution is 8.77. The molecule has 3 aliphatic rings. The van der Waals surface area contributed by atoms with Gasteiger partial charge in [0.15, 0.2) is 23.0 Å². The second-order valence-corrected chi connectivity index (χ2v) is 22.2. The van der Waals surface area contributed by atoms with Gasteiger partial charge in [-0.3, -0.25) is 4.79 Å². The molecule has 0 fully saturated rings. The summed E-state index contributed by atoms with van der Waals surface area (Å²) >= 11 is 0. The van der Waals surface area contributed by atoms with Crippen LogP contribution in [0.15, 0.2) is 91.5 Å². The fourth-order valence-electron chi connectivity index (χ4n) is 10.1. The molecule has 15 heteroatoms. The predicted molar refractivity (Wildman–Crippen MR) is 297 cm³/mol. The molecule has 13 nitrogen and oxygen atoms in total. The van der Waals surface area contributed by atoms with Gasteiger partial charge in [-0.2, -0.15) is 0 Å². The van der Waals surface area contributed by atoms with Gasteiger partial charge in [-0.15, -0.1) is 0 Å². The second kappa shape index (κ2) is 23.9. The van der Waals surface area contributed by atoms with E-state index in [0.29, 0.717) is 74.7 Å². The van der Waals surface area contributed by atoms with Gasteiger partial charge in [0.25, 0.3) is 5.91 Å². The number of aryl methyl sites for hydroxylation is 1. The first-order valence-corrected chi connectivity index (χ1v) is 27.3. The van der Waals surface area contributed by atoms with E-state index in [0.717, 1.165) is 64.5 Å². The molecule has 8 rings (SSSR count). The second-order valence-electron chi connectivity index (χ2n) is 19.1. The average Bonchev–Trinajstić information content (AvgIpc) is 3.89. The van der Waals surface area contributed by atoms with Crippen molar-refractivity contribution in [1.29, 1.82) is 0 Å². The number of carbonyl (C=O) groups excluding carboxylic acids is 1. The van der Waals surface area contributed by atoms with Crippen LogP contribution in [-0.4, -0.2) is 110 Å². The summed E-state index contributed by atoms with van der Waals surface area (Å²) in [6.45, 7) is 18.5. The highest BCUT2D eigenvalue weighted by Gasteiger charge is 2.39. The van der Waals surface area contributed by atoms with Crippen LogP contribution >= 0.6 is 21.6 Å². The van der Waals surface area contributed by atoms with Gasteiger partial charge in [0.05, 0.1) is 64.5 Å². The Labute approximate surface area is 434 Å². The van der Waals surface area contributed by atoms with E-state index in [4.69, 9.17) is 33.2 Å². The normalized spacial score (nSPS) is 15.8. The number of para-hydroxylation sites is 1. The molecule has 0 bridgehead atoms. The van der Waals surface area contributed by atoms with Crippen LogP contribution in [-0.2, 0) is 40.3 Å². The zero-order valence-electron chi connectivity index (χ0n) is 43.4. The van der Waals surface area contributed by atoms with Crippen molar-refractivity contribution < 1.29 is 38.0 Å². The molecule has 2 atom stereocenters. The van der Waals surface area contributed by atoms with Crippen molar-refractivity contribution in [3.63, 3.8) is 0 Å². The first-order chi connectivity index (χ1) is 34.9. The van der Waals surface area contributed by atoms with E-state index in [-0.39, 0.29) is 36.0 Å². The fourth-order valence-corrected chi connectivity index (χ4v) is 12.3. The molecule has 5 aromatic carbocycles. The van der Waals surface area contributed by atoms with Crippen LogP contribution in [0.5, 0.6) is 23.0 Å². The zero-order chi connectivity index (χ0) is 50.9. The molecule has 384 valence electrons. The largest absolute Gasteiger partial charge is 0.493 e. The van der Waals surface area contributed by atoms with Crippen LogP contribution in [0, 0.1) is 6.92 Å². The number of ether oxygens (including phenoxy) is 7. The number of nitrogens with one attached hydrogen (secondary N) is 2. The Bertz CT molecular complexity index is 2720. The standard InChI is InChI=1S/C57H71N5O8S2/c1-37-14-13-17-51-45(37)28-44-33-59-49-32-55(53(66-9)30-47(49)56(63)62(44)51)70-35-41-25-40(26-43(27-41)60(36-57(4,5)72-71-10)18-19-67-22-23-68-21-20-64-7)34-69-54-31-48(58-6)46(29-52(54)65-8)39(3)61-38(2)24-42-15-11-12-16-50(42)61/h11-17,25-27,29-32,38,44,58-59H,3,18-24,28,33-36H2,1-2,4-10H3/t38-,44?/m1/s1. The SMILES string of the molecule is C=C(c1cc(OC)c(OCc2cc(COc3cc4c(cc3OC)C(=O)N3c5cccc(C)c5CC3CN4)cc(N(CCOCCOCCOC)CC(C)(C)SSC)c2)cc1NC)N1c2ccccc2C[C@H]1C. The zero-order valence-corrected chi connectivity index (χ0v) is 45.0. The lowest BCUT2D eigenvalue weighted by Gasteiger charge is -2.34. The molecule has 0 aromatic heterocycles. The lowest BCUT2D eigenvalue weighted by molar-refractivity contribution is 0.0264. The van der Waals surface area contributed by atoms with E-state index in [1.54, 1.807) is 38.2 Å². The number of amides is 1. The van der Waals surface area contributed by atoms with E-state index in [2.05, 4.69) is 109 Å². The van der Waals surface area contributed by atoms with Crippen LogP contribution in [0.1, 0.15) is 64.5 Å². The Kier molecular flexibility index (Phi) is 17.5. The number of hydrogen-bond donors (Lipinski definition) is 2. The van der Waals surface area contributed by atoms with Crippen LogP contribution in [0.4, 0.5) is 28.4 Å². The van der Waals surface area contributed by atoms with Crippen molar-refractivity contribution in [2.24, 2.45) is 0 Å². The Morgan fingerprint density at radius 2 is 1.51 bits per heavy atom. The van der Waals surface area contributed by atoms with Gasteiger partial charge in [0, 0.05) is 90.7 Å². The summed E-state index contributed by atoms with van der Waals surface area (Å²) in [5.74, 6) is 2.16. The molecule has 0 saturated heterocycles. The van der Waals surface area contributed by atoms with Crippen molar-refractivity contribution >= 4 is 61.6 Å². The molecule has 3 heterocycles. The lowest BCUT2D eigenvalue weighted by atomic mass is 10.0. The van der Waals surface area contributed by atoms with E-state index >= 15 is 0 Å². The number of benzene rings is 5. The number of rotatable bonds is 25. The van der Waals surface area contributed by atoms with E-state index < -0.39 is 0 Å². The Morgan fingerprint density at radius 3 is 2.22 bits per heavy atom. The molecular weight excluding hydrogens is 947 g/mol. The third-order valence-electron chi connectivity index (χ3n) is 13.5. The van der Waals surface area contributed by atoms with Crippen LogP contribution in [0.2, 0.25) is 0 Å². The molecule has 0 saturated carbocycles. The van der Waals surface area contributed by atoms with E-state index in [9.17, 15) is 4.79 Å². The van der Waals surface area contributed by atoms with Crippen molar-refractivity contribution in [3.8, 4) is 23.0 Å².